The topological polar surface area (TPSA) is 26.0 Å². The van der Waals surface area contributed by atoms with Crippen molar-refractivity contribution in [2.45, 2.75) is 10.9 Å². The number of hydrogen-bond donors (Lipinski definition) is 1. The molecule has 0 bridgehead atoms. The van der Waals surface area contributed by atoms with E-state index >= 15 is 0 Å². The predicted octanol–water partition coefficient (Wildman–Crippen LogP) is 4.92. The molecule has 19 heavy (non-hydrogen) atoms. The van der Waals surface area contributed by atoms with E-state index in [9.17, 15) is 4.39 Å². The van der Waals surface area contributed by atoms with Crippen molar-refractivity contribution in [2.24, 2.45) is 5.73 Å². The molecule has 0 radical (unpaired) electrons. The van der Waals surface area contributed by atoms with Crippen LogP contribution < -0.4 is 5.73 Å². The quantitative estimate of drug-likeness (QED) is 0.810. The van der Waals surface area contributed by atoms with E-state index in [4.69, 9.17) is 28.9 Å². The maximum absolute atomic E-state index is 13.0. The number of hydrogen-bond acceptors (Lipinski definition) is 2. The zero-order chi connectivity index (χ0) is 13.8. The Kier molecular flexibility index (Phi) is 5.11. The standard InChI is InChI=1S/C14H12Cl2FNS/c15-12-6-2-5-11(14(12)16)13(18)8-19-10-4-1-3-9(17)7-10/h1-7,13H,8,18H2. The molecule has 2 aromatic rings. The summed E-state index contributed by atoms with van der Waals surface area (Å²) in [5.74, 6) is 0.350. The number of thioether (sulfide) groups is 1. The van der Waals surface area contributed by atoms with Gasteiger partial charge in [-0.15, -0.1) is 11.8 Å². The molecular formula is C14H12Cl2FNS. The molecule has 2 aromatic carbocycles. The number of rotatable bonds is 4. The van der Waals surface area contributed by atoms with Crippen molar-refractivity contribution in [1.29, 1.82) is 0 Å². The third-order valence-electron chi connectivity index (χ3n) is 2.61. The smallest absolute Gasteiger partial charge is 0.124 e. The van der Waals surface area contributed by atoms with E-state index in [0.29, 0.717) is 15.8 Å². The molecule has 0 amide bonds. The molecule has 1 nitrogen and oxygen atoms in total. The van der Waals surface area contributed by atoms with E-state index in [0.717, 1.165) is 10.5 Å². The molecule has 0 heterocycles. The molecule has 2 N–H and O–H groups in total. The summed E-state index contributed by atoms with van der Waals surface area (Å²) in [6.07, 6.45) is 0. The number of benzene rings is 2. The van der Waals surface area contributed by atoms with Crippen molar-refractivity contribution in [1.82, 2.24) is 0 Å². The lowest BCUT2D eigenvalue weighted by atomic mass is 10.1. The zero-order valence-corrected chi connectivity index (χ0v) is 12.3. The molecule has 1 unspecified atom stereocenters. The van der Waals surface area contributed by atoms with Crippen LogP contribution in [0.3, 0.4) is 0 Å². The molecule has 0 aromatic heterocycles. The highest BCUT2D eigenvalue weighted by atomic mass is 35.5. The van der Waals surface area contributed by atoms with E-state index < -0.39 is 0 Å². The van der Waals surface area contributed by atoms with E-state index in [1.807, 2.05) is 18.2 Å². The van der Waals surface area contributed by atoms with E-state index in [-0.39, 0.29) is 11.9 Å². The first-order chi connectivity index (χ1) is 9.08. The maximum atomic E-state index is 13.0. The van der Waals surface area contributed by atoms with Crippen molar-refractivity contribution in [3.63, 3.8) is 0 Å². The predicted molar refractivity (Wildman–Crippen MR) is 80.5 cm³/mol. The summed E-state index contributed by atoms with van der Waals surface area (Å²) in [5.41, 5.74) is 6.90. The fourth-order valence-electron chi connectivity index (χ4n) is 1.64. The van der Waals surface area contributed by atoms with Crippen molar-refractivity contribution >= 4 is 35.0 Å². The van der Waals surface area contributed by atoms with Gasteiger partial charge in [0.05, 0.1) is 10.0 Å². The number of nitrogens with two attached hydrogens (primary N) is 1. The summed E-state index contributed by atoms with van der Waals surface area (Å²) in [6, 6.07) is 11.6. The fraction of sp³-hybridized carbons (Fsp3) is 0.143. The summed E-state index contributed by atoms with van der Waals surface area (Å²) < 4.78 is 13.0. The normalized spacial score (nSPS) is 12.4. The highest BCUT2D eigenvalue weighted by Crippen LogP contribution is 2.31. The van der Waals surface area contributed by atoms with Gasteiger partial charge in [0, 0.05) is 16.7 Å². The van der Waals surface area contributed by atoms with Gasteiger partial charge in [0.1, 0.15) is 5.82 Å². The Labute approximate surface area is 125 Å². The van der Waals surface area contributed by atoms with Crippen LogP contribution in [0.4, 0.5) is 4.39 Å². The van der Waals surface area contributed by atoms with Gasteiger partial charge >= 0.3 is 0 Å². The van der Waals surface area contributed by atoms with Gasteiger partial charge in [0.25, 0.3) is 0 Å². The zero-order valence-electron chi connectivity index (χ0n) is 9.95. The molecular weight excluding hydrogens is 304 g/mol. The van der Waals surface area contributed by atoms with Crippen LogP contribution in [0.1, 0.15) is 11.6 Å². The van der Waals surface area contributed by atoms with Crippen molar-refractivity contribution < 1.29 is 4.39 Å². The largest absolute Gasteiger partial charge is 0.323 e. The van der Waals surface area contributed by atoms with Gasteiger partial charge in [-0.1, -0.05) is 41.4 Å². The van der Waals surface area contributed by atoms with Crippen molar-refractivity contribution in [2.75, 3.05) is 5.75 Å². The van der Waals surface area contributed by atoms with Crippen LogP contribution in [0.25, 0.3) is 0 Å². The van der Waals surface area contributed by atoms with Crippen LogP contribution in [-0.4, -0.2) is 5.75 Å². The summed E-state index contributed by atoms with van der Waals surface area (Å²) in [4.78, 5) is 0.841. The lowest BCUT2D eigenvalue weighted by Gasteiger charge is -2.14. The Morgan fingerprint density at radius 3 is 2.63 bits per heavy atom. The molecule has 0 aliphatic carbocycles. The average molecular weight is 316 g/mol. The molecule has 0 fully saturated rings. The van der Waals surface area contributed by atoms with E-state index in [2.05, 4.69) is 0 Å². The molecule has 0 saturated heterocycles. The molecule has 0 aliphatic heterocycles. The van der Waals surface area contributed by atoms with Gasteiger partial charge < -0.3 is 5.73 Å². The monoisotopic (exact) mass is 315 g/mol. The molecule has 0 spiro atoms. The van der Waals surface area contributed by atoms with Crippen LogP contribution in [-0.2, 0) is 0 Å². The molecule has 5 heteroatoms. The van der Waals surface area contributed by atoms with Crippen LogP contribution >= 0.6 is 35.0 Å². The lowest BCUT2D eigenvalue weighted by molar-refractivity contribution is 0.624. The Bertz CT molecular complexity index is 577. The van der Waals surface area contributed by atoms with Crippen LogP contribution in [0.15, 0.2) is 47.4 Å². The second kappa shape index (κ2) is 6.62. The average Bonchev–Trinajstić information content (AvgIpc) is 2.39. The van der Waals surface area contributed by atoms with Crippen LogP contribution in [0, 0.1) is 5.82 Å². The first-order valence-electron chi connectivity index (χ1n) is 5.66. The third kappa shape index (κ3) is 3.86. The Hall–Kier alpha value is -0.740. The minimum absolute atomic E-state index is 0.250. The second-order valence-electron chi connectivity index (χ2n) is 4.02. The molecule has 0 aliphatic rings. The lowest BCUT2D eigenvalue weighted by Crippen LogP contribution is -2.13. The molecule has 100 valence electrons. The molecule has 2 rings (SSSR count). The molecule has 0 saturated carbocycles. The number of halogens is 3. The first kappa shape index (κ1) is 14.7. The van der Waals surface area contributed by atoms with Crippen molar-refractivity contribution in [3.8, 4) is 0 Å². The second-order valence-corrected chi connectivity index (χ2v) is 5.90. The highest BCUT2D eigenvalue weighted by molar-refractivity contribution is 7.99. The van der Waals surface area contributed by atoms with Gasteiger partial charge in [0.2, 0.25) is 0 Å². The summed E-state index contributed by atoms with van der Waals surface area (Å²) >= 11 is 13.6. The minimum atomic E-state index is -0.251. The maximum Gasteiger partial charge on any atom is 0.124 e. The SMILES string of the molecule is NC(CSc1cccc(F)c1)c1cccc(Cl)c1Cl. The van der Waals surface area contributed by atoms with E-state index in [1.165, 1.54) is 23.9 Å². The minimum Gasteiger partial charge on any atom is -0.323 e. The Morgan fingerprint density at radius 1 is 1.16 bits per heavy atom. The molecule has 1 atom stereocenters. The van der Waals surface area contributed by atoms with Gasteiger partial charge in [-0.3, -0.25) is 0 Å². The summed E-state index contributed by atoms with van der Waals surface area (Å²) in [5, 5.41) is 0.974. The van der Waals surface area contributed by atoms with Gasteiger partial charge in [-0.2, -0.15) is 0 Å². The Morgan fingerprint density at radius 2 is 1.89 bits per heavy atom. The Balaban J connectivity index is 2.05. The van der Waals surface area contributed by atoms with Gasteiger partial charge in [0.15, 0.2) is 0 Å². The van der Waals surface area contributed by atoms with Crippen LogP contribution in [0.5, 0.6) is 0 Å². The highest BCUT2D eigenvalue weighted by Gasteiger charge is 2.12. The van der Waals surface area contributed by atoms with Gasteiger partial charge in [-0.25, -0.2) is 4.39 Å². The van der Waals surface area contributed by atoms with Crippen molar-refractivity contribution in [3.05, 3.63) is 63.9 Å². The third-order valence-corrected chi connectivity index (χ3v) is 4.55. The van der Waals surface area contributed by atoms with Crippen LogP contribution in [0.2, 0.25) is 10.0 Å². The van der Waals surface area contributed by atoms with Gasteiger partial charge in [-0.05, 0) is 29.8 Å². The summed E-state index contributed by atoms with van der Waals surface area (Å²) in [7, 11) is 0. The first-order valence-corrected chi connectivity index (χ1v) is 7.40. The summed E-state index contributed by atoms with van der Waals surface area (Å²) in [6.45, 7) is 0. The van der Waals surface area contributed by atoms with E-state index in [1.54, 1.807) is 12.1 Å². The fourth-order valence-corrected chi connectivity index (χ4v) is 3.01.